The van der Waals surface area contributed by atoms with Crippen molar-refractivity contribution in [2.45, 2.75) is 88.6 Å². The summed E-state index contributed by atoms with van der Waals surface area (Å²) >= 11 is 0. The van der Waals surface area contributed by atoms with Crippen LogP contribution in [-0.2, 0) is 29.0 Å². The van der Waals surface area contributed by atoms with E-state index in [1.807, 2.05) is 30.5 Å². The van der Waals surface area contributed by atoms with Crippen molar-refractivity contribution in [1.29, 1.82) is 0 Å². The summed E-state index contributed by atoms with van der Waals surface area (Å²) in [7, 11) is 2.14. The molecular weight excluding hydrogens is 649 g/mol. The van der Waals surface area contributed by atoms with E-state index < -0.39 is 6.29 Å². The van der Waals surface area contributed by atoms with Crippen molar-refractivity contribution >= 4 is 6.03 Å². The minimum Gasteiger partial charge on any atom is -0.392 e. The molecule has 5 fully saturated rings. The minimum absolute atomic E-state index is 0.000332. The Morgan fingerprint density at radius 3 is 2.27 bits per heavy atom. The van der Waals surface area contributed by atoms with Gasteiger partial charge in [-0.1, -0.05) is 66.7 Å². The third-order valence-electron chi connectivity index (χ3n) is 11.9. The van der Waals surface area contributed by atoms with Crippen LogP contribution < -0.4 is 10.6 Å². The molecule has 2 amide bonds. The van der Waals surface area contributed by atoms with Crippen molar-refractivity contribution in [2.24, 2.45) is 17.8 Å². The number of rotatable bonds is 12. The number of carbonyl (C=O) groups excluding carboxylic acids is 1. The third kappa shape index (κ3) is 8.26. The number of ether oxygens (including phenoxy) is 2. The number of pyridine rings is 1. The molecule has 0 radical (unpaired) electrons. The predicted molar refractivity (Wildman–Crippen MR) is 202 cm³/mol. The molecule has 1 aliphatic heterocycles. The quantitative estimate of drug-likeness (QED) is 0.140. The summed E-state index contributed by atoms with van der Waals surface area (Å²) in [5.74, 6) is 2.38. The van der Waals surface area contributed by atoms with Crippen LogP contribution in [0.25, 0.3) is 11.1 Å². The highest BCUT2D eigenvalue weighted by Gasteiger charge is 2.51. The van der Waals surface area contributed by atoms with Crippen molar-refractivity contribution in [2.75, 3.05) is 20.1 Å². The molecule has 3 atom stereocenters. The summed E-state index contributed by atoms with van der Waals surface area (Å²) in [4.78, 5) is 20.0. The Morgan fingerprint density at radius 1 is 0.827 bits per heavy atom. The molecule has 0 spiro atoms. The van der Waals surface area contributed by atoms with E-state index in [1.165, 1.54) is 19.3 Å². The standard InChI is InChI=1S/C44H52N4O4/c1-48(17-15-39-10-2-3-16-45-39)28-40-23-41(35-13-11-30(29-49)12-14-35)52-42(51-40)38-9-5-8-37(22-38)36-7-4-6-31(21-36)27-46-43(50)47-44-24-32-18-33(25-44)20-34(19-32)26-44/h2-14,16,21-22,32-34,40-42,49H,15,17-20,23-29H2,1H3,(H2,46,47,50). The zero-order chi connectivity index (χ0) is 35.5. The molecule has 3 aromatic carbocycles. The summed E-state index contributed by atoms with van der Waals surface area (Å²) in [6.45, 7) is 2.14. The van der Waals surface area contributed by atoms with Crippen LogP contribution in [0.4, 0.5) is 4.79 Å². The minimum atomic E-state index is -0.538. The number of benzene rings is 3. The van der Waals surface area contributed by atoms with Gasteiger partial charge in [0.05, 0.1) is 18.8 Å². The summed E-state index contributed by atoms with van der Waals surface area (Å²) < 4.78 is 13.4. The molecule has 1 aromatic heterocycles. The molecular formula is C44H52N4O4. The molecule has 8 heteroatoms. The molecule has 9 rings (SSSR count). The molecule has 5 aliphatic rings. The van der Waals surface area contributed by atoms with Crippen molar-refractivity contribution in [1.82, 2.24) is 20.5 Å². The number of aliphatic hydroxyl groups excluding tert-OH is 1. The lowest BCUT2D eigenvalue weighted by Gasteiger charge is -2.56. The van der Waals surface area contributed by atoms with Gasteiger partial charge in [0.15, 0.2) is 6.29 Å². The fourth-order valence-electron chi connectivity index (χ4n) is 9.78. The SMILES string of the molecule is CN(CCc1ccccn1)CC1CC(c2ccc(CO)cc2)OC(c2cccc(-c3cccc(CNC(=O)NC45CC6CC(CC(C6)C4)C5)c3)c2)O1. The largest absolute Gasteiger partial charge is 0.392 e. The highest BCUT2D eigenvalue weighted by molar-refractivity contribution is 5.75. The van der Waals surface area contributed by atoms with E-state index in [0.717, 1.165) is 102 Å². The number of amides is 2. The lowest BCUT2D eigenvalue weighted by atomic mass is 9.53. The van der Waals surface area contributed by atoms with Gasteiger partial charge in [-0.2, -0.15) is 0 Å². The normalized spacial score (nSPS) is 27.8. The van der Waals surface area contributed by atoms with Gasteiger partial charge in [0.1, 0.15) is 0 Å². The Morgan fingerprint density at radius 2 is 1.56 bits per heavy atom. The lowest BCUT2D eigenvalue weighted by molar-refractivity contribution is -0.252. The van der Waals surface area contributed by atoms with Crippen LogP contribution in [0.2, 0.25) is 0 Å². The zero-order valence-corrected chi connectivity index (χ0v) is 30.3. The second kappa shape index (κ2) is 15.5. The van der Waals surface area contributed by atoms with Crippen molar-refractivity contribution < 1.29 is 19.4 Å². The molecule has 4 aliphatic carbocycles. The van der Waals surface area contributed by atoms with Crippen LogP contribution in [0.5, 0.6) is 0 Å². The van der Waals surface area contributed by atoms with Crippen LogP contribution in [0.15, 0.2) is 97.2 Å². The molecule has 272 valence electrons. The summed E-state index contributed by atoms with van der Waals surface area (Å²) in [6.07, 6.45) is 10.2. The van der Waals surface area contributed by atoms with Gasteiger partial charge in [0, 0.05) is 55.5 Å². The Bertz CT molecular complexity index is 1780. The smallest absolute Gasteiger partial charge is 0.315 e. The number of hydrogen-bond acceptors (Lipinski definition) is 6. The summed E-state index contributed by atoms with van der Waals surface area (Å²) in [5.41, 5.74) is 7.23. The van der Waals surface area contributed by atoms with E-state index >= 15 is 0 Å². The number of likely N-dealkylation sites (N-methyl/N-ethyl adjacent to an activating group) is 1. The Labute approximate surface area is 308 Å². The average molecular weight is 701 g/mol. The molecule has 4 aromatic rings. The van der Waals surface area contributed by atoms with E-state index in [2.05, 4.69) is 94.3 Å². The maximum Gasteiger partial charge on any atom is 0.315 e. The van der Waals surface area contributed by atoms with Gasteiger partial charge in [-0.15, -0.1) is 0 Å². The molecule has 3 unspecified atom stereocenters. The third-order valence-corrected chi connectivity index (χ3v) is 11.9. The summed E-state index contributed by atoms with van der Waals surface area (Å²) in [5, 5.41) is 16.2. The van der Waals surface area contributed by atoms with E-state index in [0.29, 0.717) is 6.54 Å². The van der Waals surface area contributed by atoms with E-state index in [1.54, 1.807) is 0 Å². The highest BCUT2D eigenvalue weighted by Crippen LogP contribution is 2.55. The fraction of sp³-hybridized carbons (Fsp3) is 0.455. The van der Waals surface area contributed by atoms with E-state index in [-0.39, 0.29) is 30.4 Å². The second-order valence-electron chi connectivity index (χ2n) is 16.0. The number of aliphatic hydroxyl groups is 1. The van der Waals surface area contributed by atoms with Gasteiger partial charge in [-0.3, -0.25) is 4.98 Å². The number of nitrogens with one attached hydrogen (secondary N) is 2. The second-order valence-corrected chi connectivity index (χ2v) is 16.0. The molecule has 52 heavy (non-hydrogen) atoms. The molecule has 8 nitrogen and oxygen atoms in total. The van der Waals surface area contributed by atoms with Gasteiger partial charge in [0.25, 0.3) is 0 Å². The number of hydrogen-bond donors (Lipinski definition) is 3. The number of aromatic nitrogens is 1. The van der Waals surface area contributed by atoms with Crippen molar-refractivity contribution in [3.05, 3.63) is 125 Å². The highest BCUT2D eigenvalue weighted by atomic mass is 16.7. The first-order valence-corrected chi connectivity index (χ1v) is 19.2. The first-order valence-electron chi connectivity index (χ1n) is 19.2. The molecule has 4 bridgehead atoms. The lowest BCUT2D eigenvalue weighted by Crippen LogP contribution is -2.61. The van der Waals surface area contributed by atoms with Gasteiger partial charge in [-0.25, -0.2) is 4.79 Å². The molecule has 4 saturated carbocycles. The topological polar surface area (TPSA) is 96.0 Å². The number of nitrogens with zero attached hydrogens (tertiary/aromatic N) is 2. The van der Waals surface area contributed by atoms with Crippen molar-refractivity contribution in [3.8, 4) is 11.1 Å². The maximum atomic E-state index is 13.2. The predicted octanol–water partition coefficient (Wildman–Crippen LogP) is 7.73. The Balaban J connectivity index is 0.939. The summed E-state index contributed by atoms with van der Waals surface area (Å²) in [6, 6.07) is 30.9. The van der Waals surface area contributed by atoms with Gasteiger partial charge in [0.2, 0.25) is 0 Å². The Hall–Kier alpha value is -4.08. The fourth-order valence-corrected chi connectivity index (χ4v) is 9.78. The van der Waals surface area contributed by atoms with Gasteiger partial charge < -0.3 is 30.1 Å². The van der Waals surface area contributed by atoms with Gasteiger partial charge >= 0.3 is 6.03 Å². The van der Waals surface area contributed by atoms with Crippen LogP contribution in [0.1, 0.15) is 85.3 Å². The van der Waals surface area contributed by atoms with Crippen LogP contribution in [0, 0.1) is 17.8 Å². The van der Waals surface area contributed by atoms with Crippen LogP contribution in [-0.4, -0.2) is 52.8 Å². The molecule has 3 N–H and O–H groups in total. The first kappa shape index (κ1) is 35.0. The average Bonchev–Trinajstić information content (AvgIpc) is 3.16. The van der Waals surface area contributed by atoms with E-state index in [4.69, 9.17) is 9.47 Å². The van der Waals surface area contributed by atoms with E-state index in [9.17, 15) is 9.90 Å². The monoisotopic (exact) mass is 700 g/mol. The molecule has 1 saturated heterocycles. The first-order chi connectivity index (χ1) is 25.4. The molecule has 2 heterocycles. The Kier molecular flexibility index (Phi) is 10.4. The van der Waals surface area contributed by atoms with Crippen LogP contribution in [0.3, 0.4) is 0 Å². The van der Waals surface area contributed by atoms with Crippen molar-refractivity contribution in [3.63, 3.8) is 0 Å². The number of urea groups is 1. The zero-order valence-electron chi connectivity index (χ0n) is 30.3. The van der Waals surface area contributed by atoms with Crippen LogP contribution >= 0.6 is 0 Å². The van der Waals surface area contributed by atoms with Gasteiger partial charge in [-0.05, 0) is 115 Å². The maximum absolute atomic E-state index is 13.2. The number of carbonyl (C=O) groups is 1.